The fourth-order valence-electron chi connectivity index (χ4n) is 2.05. The van der Waals surface area contributed by atoms with Crippen molar-refractivity contribution in [2.24, 2.45) is 11.3 Å². The molecule has 0 aliphatic carbocycles. The standard InChI is InChI=1S/C21H29NO/c1-7-21(4,5)16(2)15-19(14-13-17(3)22-6)20(23)18-11-9-8-10-12-18/h8-16,22H,3,7H2,1-2,4-6H3/b14-13-,19-15+. The summed E-state index contributed by atoms with van der Waals surface area (Å²) in [6, 6.07) is 9.40. The van der Waals surface area contributed by atoms with Gasteiger partial charge < -0.3 is 5.32 Å². The lowest BCUT2D eigenvalue weighted by molar-refractivity contribution is 0.103. The minimum absolute atomic E-state index is 0.0458. The lowest BCUT2D eigenvalue weighted by Crippen LogP contribution is -2.20. The van der Waals surface area contributed by atoms with Gasteiger partial charge in [0.1, 0.15) is 0 Å². The van der Waals surface area contributed by atoms with Crippen molar-refractivity contribution in [1.82, 2.24) is 5.32 Å². The zero-order valence-corrected chi connectivity index (χ0v) is 15.0. The van der Waals surface area contributed by atoms with Gasteiger partial charge >= 0.3 is 0 Å². The molecule has 0 fully saturated rings. The lowest BCUT2D eigenvalue weighted by Gasteiger charge is -2.28. The molecule has 0 bridgehead atoms. The number of hydrogen-bond donors (Lipinski definition) is 1. The van der Waals surface area contributed by atoms with Crippen LogP contribution in [0.25, 0.3) is 0 Å². The van der Waals surface area contributed by atoms with Gasteiger partial charge in [0.05, 0.1) is 0 Å². The highest BCUT2D eigenvalue weighted by Gasteiger charge is 2.23. The van der Waals surface area contributed by atoms with Crippen LogP contribution in [0.5, 0.6) is 0 Å². The minimum Gasteiger partial charge on any atom is -0.389 e. The predicted molar refractivity (Wildman–Crippen MR) is 99.4 cm³/mol. The number of rotatable bonds is 8. The average Bonchev–Trinajstić information content (AvgIpc) is 2.57. The van der Waals surface area contributed by atoms with Crippen molar-refractivity contribution in [3.05, 3.63) is 72.0 Å². The van der Waals surface area contributed by atoms with Crippen molar-refractivity contribution in [2.75, 3.05) is 7.05 Å². The first-order valence-corrected chi connectivity index (χ1v) is 8.18. The van der Waals surface area contributed by atoms with E-state index in [4.69, 9.17) is 0 Å². The van der Waals surface area contributed by atoms with E-state index in [1.165, 1.54) is 0 Å². The van der Waals surface area contributed by atoms with Crippen LogP contribution < -0.4 is 5.32 Å². The summed E-state index contributed by atoms with van der Waals surface area (Å²) in [5.41, 5.74) is 2.34. The number of likely N-dealkylation sites (N-methyl/N-ethyl adjacent to an activating group) is 1. The molecular formula is C21H29NO. The fraction of sp³-hybridized carbons (Fsp3) is 0.381. The predicted octanol–water partition coefficient (Wildman–Crippen LogP) is 5.16. The Kier molecular flexibility index (Phi) is 7.02. The van der Waals surface area contributed by atoms with E-state index < -0.39 is 0 Å². The van der Waals surface area contributed by atoms with Crippen molar-refractivity contribution in [2.45, 2.75) is 34.1 Å². The zero-order chi connectivity index (χ0) is 17.5. The lowest BCUT2D eigenvalue weighted by atomic mass is 9.76. The van der Waals surface area contributed by atoms with Gasteiger partial charge in [0, 0.05) is 23.9 Å². The van der Waals surface area contributed by atoms with Crippen molar-refractivity contribution >= 4 is 5.78 Å². The molecule has 0 saturated heterocycles. The Morgan fingerprint density at radius 3 is 2.39 bits per heavy atom. The van der Waals surface area contributed by atoms with E-state index in [0.29, 0.717) is 17.1 Å². The SMILES string of the molecule is C=C(/C=C\C(=C/C(C)C(C)(C)CC)C(=O)c1ccccc1)NC. The molecule has 0 heterocycles. The molecule has 23 heavy (non-hydrogen) atoms. The van der Waals surface area contributed by atoms with Gasteiger partial charge in [-0.05, 0) is 23.5 Å². The highest BCUT2D eigenvalue weighted by molar-refractivity contribution is 6.10. The molecule has 0 amide bonds. The van der Waals surface area contributed by atoms with E-state index in [0.717, 1.165) is 12.1 Å². The Morgan fingerprint density at radius 2 is 1.87 bits per heavy atom. The highest BCUT2D eigenvalue weighted by atomic mass is 16.1. The number of carbonyl (C=O) groups is 1. The Labute approximate surface area is 141 Å². The van der Waals surface area contributed by atoms with Crippen molar-refractivity contribution in [1.29, 1.82) is 0 Å². The molecule has 1 atom stereocenters. The van der Waals surface area contributed by atoms with E-state index in [1.807, 2.05) is 49.5 Å². The van der Waals surface area contributed by atoms with Gasteiger partial charge in [-0.25, -0.2) is 0 Å². The number of hydrogen-bond acceptors (Lipinski definition) is 2. The molecule has 0 aliphatic rings. The third-order valence-electron chi connectivity index (χ3n) is 4.66. The number of ketones is 1. The molecule has 0 aromatic heterocycles. The van der Waals surface area contributed by atoms with Crippen LogP contribution in [0.2, 0.25) is 0 Å². The molecule has 1 unspecified atom stereocenters. The average molecular weight is 311 g/mol. The van der Waals surface area contributed by atoms with E-state index in [9.17, 15) is 4.79 Å². The van der Waals surface area contributed by atoms with Crippen LogP contribution in [0, 0.1) is 11.3 Å². The van der Waals surface area contributed by atoms with E-state index in [2.05, 4.69) is 45.7 Å². The van der Waals surface area contributed by atoms with Crippen LogP contribution in [0.4, 0.5) is 0 Å². The van der Waals surface area contributed by atoms with E-state index >= 15 is 0 Å². The van der Waals surface area contributed by atoms with Gasteiger partial charge in [-0.2, -0.15) is 0 Å². The third-order valence-corrected chi connectivity index (χ3v) is 4.66. The number of benzene rings is 1. The summed E-state index contributed by atoms with van der Waals surface area (Å²) in [7, 11) is 1.82. The monoisotopic (exact) mass is 311 g/mol. The summed E-state index contributed by atoms with van der Waals surface area (Å²) in [5, 5.41) is 2.97. The van der Waals surface area contributed by atoms with Crippen LogP contribution >= 0.6 is 0 Å². The number of carbonyl (C=O) groups excluding carboxylic acids is 1. The van der Waals surface area contributed by atoms with Gasteiger partial charge in [-0.3, -0.25) is 4.79 Å². The van der Waals surface area contributed by atoms with Gasteiger partial charge in [0.2, 0.25) is 0 Å². The molecule has 124 valence electrons. The van der Waals surface area contributed by atoms with Gasteiger partial charge in [0.25, 0.3) is 0 Å². The number of allylic oxidation sites excluding steroid dienone is 4. The molecule has 2 heteroatoms. The molecule has 1 aromatic rings. The Balaban J connectivity index is 3.19. The Bertz CT molecular complexity index is 594. The largest absolute Gasteiger partial charge is 0.389 e. The molecule has 0 aliphatic heterocycles. The third kappa shape index (κ3) is 5.55. The summed E-state index contributed by atoms with van der Waals surface area (Å²) >= 11 is 0. The highest BCUT2D eigenvalue weighted by Crippen LogP contribution is 2.32. The molecule has 0 radical (unpaired) electrons. The van der Waals surface area contributed by atoms with Crippen molar-refractivity contribution in [3.8, 4) is 0 Å². The minimum atomic E-state index is 0.0458. The van der Waals surface area contributed by atoms with Crippen molar-refractivity contribution in [3.63, 3.8) is 0 Å². The van der Waals surface area contributed by atoms with Crippen LogP contribution in [-0.2, 0) is 0 Å². The van der Waals surface area contributed by atoms with E-state index in [1.54, 1.807) is 0 Å². The molecule has 0 spiro atoms. The molecular weight excluding hydrogens is 282 g/mol. The van der Waals surface area contributed by atoms with Gasteiger partial charge in [0.15, 0.2) is 5.78 Å². The Hall–Kier alpha value is -2.09. The topological polar surface area (TPSA) is 29.1 Å². The first-order chi connectivity index (χ1) is 10.8. The van der Waals surface area contributed by atoms with Crippen LogP contribution in [0.15, 0.2) is 66.4 Å². The normalized spacial score (nSPS) is 13.9. The second kappa shape index (κ2) is 8.52. The number of nitrogens with one attached hydrogen (secondary N) is 1. The van der Waals surface area contributed by atoms with Crippen LogP contribution in [0.3, 0.4) is 0 Å². The van der Waals surface area contributed by atoms with Gasteiger partial charge in [-0.15, -0.1) is 0 Å². The summed E-state index contributed by atoms with van der Waals surface area (Å²) < 4.78 is 0. The maximum atomic E-state index is 12.8. The first kappa shape index (κ1) is 19.0. The number of Topliss-reactive ketones (excluding diaryl/α,β-unsaturated/α-hetero) is 1. The zero-order valence-electron chi connectivity index (χ0n) is 15.0. The molecule has 1 rings (SSSR count). The molecule has 0 saturated carbocycles. The molecule has 2 nitrogen and oxygen atoms in total. The van der Waals surface area contributed by atoms with Crippen molar-refractivity contribution < 1.29 is 4.79 Å². The molecule has 1 aromatic carbocycles. The summed E-state index contributed by atoms with van der Waals surface area (Å²) in [6.07, 6.45) is 6.84. The van der Waals surface area contributed by atoms with Gasteiger partial charge in [-0.1, -0.05) is 77.1 Å². The first-order valence-electron chi connectivity index (χ1n) is 8.18. The summed E-state index contributed by atoms with van der Waals surface area (Å²) in [6.45, 7) is 12.7. The second-order valence-electron chi connectivity index (χ2n) is 6.56. The maximum absolute atomic E-state index is 12.8. The second-order valence-corrected chi connectivity index (χ2v) is 6.56. The summed E-state index contributed by atoms with van der Waals surface area (Å²) in [5.74, 6) is 0.340. The summed E-state index contributed by atoms with van der Waals surface area (Å²) in [4.78, 5) is 12.8. The quantitative estimate of drug-likeness (QED) is 0.408. The van der Waals surface area contributed by atoms with Crippen LogP contribution in [-0.4, -0.2) is 12.8 Å². The fourth-order valence-corrected chi connectivity index (χ4v) is 2.05. The molecule has 1 N–H and O–H groups in total. The Morgan fingerprint density at radius 1 is 1.26 bits per heavy atom. The maximum Gasteiger partial charge on any atom is 0.192 e. The van der Waals surface area contributed by atoms with Crippen LogP contribution in [0.1, 0.15) is 44.5 Å². The smallest absolute Gasteiger partial charge is 0.192 e. The van der Waals surface area contributed by atoms with E-state index in [-0.39, 0.29) is 11.2 Å².